The van der Waals surface area contributed by atoms with E-state index in [-0.39, 0.29) is 12.1 Å². The number of aromatic nitrogens is 2. The summed E-state index contributed by atoms with van der Waals surface area (Å²) in [6.07, 6.45) is 12.3. The predicted molar refractivity (Wildman–Crippen MR) is 124 cm³/mol. The van der Waals surface area contributed by atoms with E-state index in [2.05, 4.69) is 39.2 Å². The van der Waals surface area contributed by atoms with Crippen LogP contribution in [0.3, 0.4) is 0 Å². The number of fused-ring (bicyclic) bond motifs is 1. The number of urea groups is 1. The summed E-state index contributed by atoms with van der Waals surface area (Å²) < 4.78 is 7.45. The molecule has 1 aromatic heterocycles. The van der Waals surface area contributed by atoms with Crippen LogP contribution < -0.4 is 15.5 Å². The van der Waals surface area contributed by atoms with E-state index < -0.39 is 0 Å². The number of carbonyl (C=O) groups excluding carboxylic acids is 1. The van der Waals surface area contributed by atoms with Gasteiger partial charge in [-0.15, -0.1) is 0 Å². The third kappa shape index (κ3) is 4.90. The van der Waals surface area contributed by atoms with Gasteiger partial charge in [0.2, 0.25) is 0 Å². The van der Waals surface area contributed by atoms with E-state index in [1.54, 1.807) is 24.7 Å². The number of nitrogens with zero attached hydrogens (tertiary/aromatic N) is 4. The van der Waals surface area contributed by atoms with Crippen LogP contribution in [0.5, 0.6) is 0 Å². The predicted octanol–water partition coefficient (Wildman–Crippen LogP) is 3.48. The number of imidazole rings is 1. The van der Waals surface area contributed by atoms with Crippen molar-refractivity contribution in [1.82, 2.24) is 14.9 Å². The minimum atomic E-state index is -0.301. The molecule has 0 aliphatic carbocycles. The van der Waals surface area contributed by atoms with Gasteiger partial charge >= 0.3 is 6.03 Å². The Bertz CT molecular complexity index is 1090. The summed E-state index contributed by atoms with van der Waals surface area (Å²) in [5.74, 6) is 0. The molecule has 8 heteroatoms. The molecule has 164 valence electrons. The van der Waals surface area contributed by atoms with Crippen LogP contribution in [-0.4, -0.2) is 48.4 Å². The van der Waals surface area contributed by atoms with Crippen LogP contribution in [0.2, 0.25) is 0 Å². The molecule has 1 unspecified atom stereocenters. The van der Waals surface area contributed by atoms with Gasteiger partial charge in [0.1, 0.15) is 6.07 Å². The number of ether oxygens (including phenoxy) is 1. The van der Waals surface area contributed by atoms with Crippen molar-refractivity contribution < 1.29 is 9.53 Å². The molecular formula is C24H26N6O2. The first-order chi connectivity index (χ1) is 15.7. The molecule has 0 radical (unpaired) electrons. The first kappa shape index (κ1) is 21.4. The molecule has 2 amide bonds. The fourth-order valence-corrected chi connectivity index (χ4v) is 3.87. The second-order valence-corrected chi connectivity index (χ2v) is 7.67. The molecule has 0 spiro atoms. The third-order valence-electron chi connectivity index (χ3n) is 5.57. The molecule has 2 N–H and O–H groups in total. The van der Waals surface area contributed by atoms with Crippen molar-refractivity contribution in [3.05, 3.63) is 72.9 Å². The highest BCUT2D eigenvalue weighted by Gasteiger charge is 2.18. The summed E-state index contributed by atoms with van der Waals surface area (Å²) >= 11 is 0. The number of nitrogens with one attached hydrogen (secondary N) is 2. The van der Waals surface area contributed by atoms with Gasteiger partial charge in [-0.1, -0.05) is 30.9 Å². The Morgan fingerprint density at radius 1 is 1.31 bits per heavy atom. The highest BCUT2D eigenvalue weighted by Crippen LogP contribution is 2.26. The van der Waals surface area contributed by atoms with Gasteiger partial charge in [0.15, 0.2) is 0 Å². The number of hydrogen-bond donors (Lipinski definition) is 2. The van der Waals surface area contributed by atoms with E-state index in [9.17, 15) is 10.1 Å². The van der Waals surface area contributed by atoms with Crippen molar-refractivity contribution in [3.8, 4) is 6.07 Å². The van der Waals surface area contributed by atoms with Crippen LogP contribution in [0.15, 0.2) is 61.6 Å². The maximum atomic E-state index is 12.6. The molecule has 1 fully saturated rings. The van der Waals surface area contributed by atoms with E-state index in [4.69, 9.17) is 4.74 Å². The molecule has 0 saturated carbocycles. The Balaban J connectivity index is 1.43. The van der Waals surface area contributed by atoms with Gasteiger partial charge in [-0.3, -0.25) is 0 Å². The first-order valence-electron chi connectivity index (χ1n) is 10.6. The van der Waals surface area contributed by atoms with Gasteiger partial charge in [0, 0.05) is 25.3 Å². The molecule has 2 aliphatic rings. The second-order valence-electron chi connectivity index (χ2n) is 7.67. The Kier molecular flexibility index (Phi) is 6.68. The van der Waals surface area contributed by atoms with E-state index in [0.717, 1.165) is 23.4 Å². The Hall–Kier alpha value is -3.83. The van der Waals surface area contributed by atoms with Crippen molar-refractivity contribution in [1.29, 1.82) is 5.26 Å². The van der Waals surface area contributed by atoms with Gasteiger partial charge < -0.3 is 24.8 Å². The Labute approximate surface area is 187 Å². The molecule has 1 aromatic carbocycles. The van der Waals surface area contributed by atoms with E-state index in [1.165, 1.54) is 0 Å². The molecule has 1 saturated heterocycles. The lowest BCUT2D eigenvalue weighted by Crippen LogP contribution is -2.37. The number of benzene rings is 1. The Morgan fingerprint density at radius 2 is 2.16 bits per heavy atom. The smallest absolute Gasteiger partial charge is 0.319 e. The average Bonchev–Trinajstić information content (AvgIpc) is 3.32. The lowest BCUT2D eigenvalue weighted by Gasteiger charge is -2.29. The lowest BCUT2D eigenvalue weighted by molar-refractivity contribution is 0.122. The highest BCUT2D eigenvalue weighted by molar-refractivity contribution is 5.90. The second kappa shape index (κ2) is 9.98. The van der Waals surface area contributed by atoms with Crippen LogP contribution in [0, 0.1) is 11.3 Å². The number of carbonyl (C=O) groups is 1. The van der Waals surface area contributed by atoms with Gasteiger partial charge in [0.05, 0.1) is 48.7 Å². The minimum absolute atomic E-state index is 0.0102. The molecule has 3 heterocycles. The maximum Gasteiger partial charge on any atom is 0.319 e. The van der Waals surface area contributed by atoms with E-state index in [1.807, 2.05) is 28.9 Å². The molecular weight excluding hydrogens is 404 g/mol. The van der Waals surface area contributed by atoms with Crippen LogP contribution in [-0.2, 0) is 4.74 Å². The summed E-state index contributed by atoms with van der Waals surface area (Å²) in [6, 6.07) is 7.26. The van der Waals surface area contributed by atoms with Gasteiger partial charge in [-0.25, -0.2) is 9.78 Å². The molecule has 2 aliphatic heterocycles. The monoisotopic (exact) mass is 430 g/mol. The molecule has 0 bridgehead atoms. The normalized spacial score (nSPS) is 20.2. The number of allylic oxidation sites excluding steroid dienone is 5. The number of hydrogen-bond acceptors (Lipinski definition) is 5. The fraction of sp³-hybridized carbons (Fsp3) is 0.292. The van der Waals surface area contributed by atoms with Crippen LogP contribution in [0.25, 0.3) is 5.57 Å². The SMILES string of the molecule is C=C1/C=C\C=C/CC(CNC(=O)Nc2ccc(C#N)c(N3CCOCC3)c2)n2cncc21. The van der Waals surface area contributed by atoms with E-state index in [0.29, 0.717) is 44.1 Å². The standard InChI is InChI=1S/C24H26N6O2/c1-18-5-3-2-4-6-21(30-17-26-16-23(18)30)15-27-24(31)28-20-8-7-19(14-25)22(13-20)29-9-11-32-12-10-29/h2-5,7-8,13,16-17,21H,1,6,9-12,15H2,(H2,27,28,31)/b4-2-,5-3-. The summed E-state index contributed by atoms with van der Waals surface area (Å²) in [4.78, 5) is 19.0. The average molecular weight is 431 g/mol. The van der Waals surface area contributed by atoms with Crippen molar-refractivity contribution in [2.24, 2.45) is 0 Å². The number of rotatable bonds is 4. The zero-order valence-electron chi connectivity index (χ0n) is 17.8. The van der Waals surface area contributed by atoms with Gasteiger partial charge in [-0.05, 0) is 30.2 Å². The topological polar surface area (TPSA) is 95.2 Å². The van der Waals surface area contributed by atoms with Crippen molar-refractivity contribution in [3.63, 3.8) is 0 Å². The van der Waals surface area contributed by atoms with Crippen LogP contribution in [0.4, 0.5) is 16.2 Å². The number of anilines is 2. The molecule has 4 rings (SSSR count). The molecule has 1 atom stereocenters. The van der Waals surface area contributed by atoms with Crippen molar-refractivity contribution >= 4 is 23.0 Å². The lowest BCUT2D eigenvalue weighted by atomic mass is 10.1. The summed E-state index contributed by atoms with van der Waals surface area (Å²) in [5, 5.41) is 15.3. The maximum absolute atomic E-state index is 12.6. The van der Waals surface area contributed by atoms with Crippen molar-refractivity contribution in [2.45, 2.75) is 12.5 Å². The van der Waals surface area contributed by atoms with Gasteiger partial charge in [0.25, 0.3) is 0 Å². The van der Waals surface area contributed by atoms with Crippen LogP contribution in [0.1, 0.15) is 23.7 Å². The zero-order chi connectivity index (χ0) is 22.3. The zero-order valence-corrected chi connectivity index (χ0v) is 17.8. The van der Waals surface area contributed by atoms with Gasteiger partial charge in [-0.2, -0.15) is 5.26 Å². The van der Waals surface area contributed by atoms with Crippen molar-refractivity contribution in [2.75, 3.05) is 43.1 Å². The summed E-state index contributed by atoms with van der Waals surface area (Å²) in [6.45, 7) is 7.21. The van der Waals surface area contributed by atoms with E-state index >= 15 is 0 Å². The quantitative estimate of drug-likeness (QED) is 0.774. The number of morpholine rings is 1. The highest BCUT2D eigenvalue weighted by atomic mass is 16.5. The third-order valence-corrected chi connectivity index (χ3v) is 5.57. The number of nitriles is 1. The molecule has 32 heavy (non-hydrogen) atoms. The van der Waals surface area contributed by atoms with Crippen LogP contribution >= 0.6 is 0 Å². The number of amides is 2. The summed E-state index contributed by atoms with van der Waals surface area (Å²) in [5.41, 5.74) is 3.83. The largest absolute Gasteiger partial charge is 0.378 e. The first-order valence-corrected chi connectivity index (χ1v) is 10.6. The Morgan fingerprint density at radius 3 is 2.97 bits per heavy atom. The summed E-state index contributed by atoms with van der Waals surface area (Å²) in [7, 11) is 0. The molecule has 8 nitrogen and oxygen atoms in total. The fourth-order valence-electron chi connectivity index (χ4n) is 3.87. The minimum Gasteiger partial charge on any atom is -0.378 e. The molecule has 2 aromatic rings.